The summed E-state index contributed by atoms with van der Waals surface area (Å²) in [7, 11) is 1.65. The number of ether oxygens (including phenoxy) is 1. The third-order valence-corrected chi connectivity index (χ3v) is 5.43. The molecule has 0 saturated carbocycles. The van der Waals surface area contributed by atoms with Crippen molar-refractivity contribution in [2.24, 2.45) is 0 Å². The minimum Gasteiger partial charge on any atom is -0.497 e. The van der Waals surface area contributed by atoms with Crippen molar-refractivity contribution in [3.63, 3.8) is 0 Å². The molecule has 0 bridgehead atoms. The molecule has 0 fully saturated rings. The van der Waals surface area contributed by atoms with Gasteiger partial charge in [-0.25, -0.2) is 4.98 Å². The minimum atomic E-state index is 0.0349. The molecule has 0 atom stereocenters. The van der Waals surface area contributed by atoms with E-state index in [0.717, 1.165) is 60.6 Å². The number of hydrogen-bond acceptors (Lipinski definition) is 4. The number of methoxy groups -OCH3 is 1. The Hall–Kier alpha value is -2.93. The fourth-order valence-electron chi connectivity index (χ4n) is 3.60. The van der Waals surface area contributed by atoms with Crippen LogP contribution in [0.5, 0.6) is 5.75 Å². The number of benzene rings is 2. The second-order valence-electron chi connectivity index (χ2n) is 7.18. The minimum absolute atomic E-state index is 0.0349. The molecule has 1 aliphatic heterocycles. The predicted octanol–water partition coefficient (Wildman–Crippen LogP) is 3.62. The van der Waals surface area contributed by atoms with E-state index < -0.39 is 0 Å². The summed E-state index contributed by atoms with van der Waals surface area (Å²) in [6, 6.07) is 13.4. The molecule has 0 aliphatic carbocycles. The van der Waals surface area contributed by atoms with Gasteiger partial charge < -0.3 is 15.4 Å². The third-order valence-electron chi connectivity index (χ3n) is 5.19. The summed E-state index contributed by atoms with van der Waals surface area (Å²) in [4.78, 5) is 17.7. The molecule has 6 nitrogen and oxygen atoms in total. The Labute approximate surface area is 174 Å². The van der Waals surface area contributed by atoms with Crippen LogP contribution in [0.3, 0.4) is 0 Å². The number of aryl methyl sites for hydroxylation is 1. The number of anilines is 1. The van der Waals surface area contributed by atoms with Crippen LogP contribution in [-0.2, 0) is 19.5 Å². The molecule has 7 heteroatoms. The smallest absolute Gasteiger partial charge is 0.261 e. The standard InChI is InChI=1S/C22H24N4O2S/c1-28-17-9-6-15(7-10-17)14-23-22(29)24-16-8-11-19-18(13-16)21(27)26-12-4-2-3-5-20(26)25-19/h6-11,13H,2-5,12,14H2,1H3,(H2,23,24,29). The first kappa shape index (κ1) is 19.4. The van der Waals surface area contributed by atoms with E-state index in [4.69, 9.17) is 21.9 Å². The summed E-state index contributed by atoms with van der Waals surface area (Å²) < 4.78 is 7.00. The Balaban J connectivity index is 1.48. The van der Waals surface area contributed by atoms with Crippen molar-refractivity contribution in [3.05, 3.63) is 64.2 Å². The molecule has 2 heterocycles. The lowest BCUT2D eigenvalue weighted by Gasteiger charge is -2.13. The zero-order chi connectivity index (χ0) is 20.2. The van der Waals surface area contributed by atoms with Gasteiger partial charge in [0.05, 0.1) is 18.0 Å². The molecule has 0 spiro atoms. The molecule has 2 N–H and O–H groups in total. The SMILES string of the molecule is COc1ccc(CNC(=S)Nc2ccc3nc4n(c(=O)c3c2)CCCCC4)cc1. The molecular formula is C22H24N4O2S. The normalized spacial score (nSPS) is 13.4. The molecule has 3 aromatic rings. The van der Waals surface area contributed by atoms with Crippen molar-refractivity contribution < 1.29 is 4.74 Å². The number of thiocarbonyl (C=S) groups is 1. The summed E-state index contributed by atoms with van der Waals surface area (Å²) in [6.45, 7) is 1.34. The van der Waals surface area contributed by atoms with Crippen LogP contribution < -0.4 is 20.9 Å². The first-order valence-electron chi connectivity index (χ1n) is 9.85. The average Bonchev–Trinajstić information content (AvgIpc) is 2.99. The zero-order valence-corrected chi connectivity index (χ0v) is 17.2. The molecule has 1 aromatic heterocycles. The quantitative estimate of drug-likeness (QED) is 0.643. The Kier molecular flexibility index (Phi) is 5.76. The van der Waals surface area contributed by atoms with Crippen molar-refractivity contribution in [3.8, 4) is 5.75 Å². The van der Waals surface area contributed by atoms with Gasteiger partial charge in [-0.05, 0) is 61.0 Å². The van der Waals surface area contributed by atoms with Crippen molar-refractivity contribution in [1.82, 2.24) is 14.9 Å². The fourth-order valence-corrected chi connectivity index (χ4v) is 3.79. The molecule has 29 heavy (non-hydrogen) atoms. The highest BCUT2D eigenvalue weighted by Crippen LogP contribution is 2.18. The van der Waals surface area contributed by atoms with Crippen LogP contribution in [0.4, 0.5) is 5.69 Å². The van der Waals surface area contributed by atoms with Crippen LogP contribution in [0.1, 0.15) is 30.7 Å². The molecule has 2 aromatic carbocycles. The van der Waals surface area contributed by atoms with Gasteiger partial charge in [-0.15, -0.1) is 0 Å². The molecule has 0 saturated heterocycles. The van der Waals surface area contributed by atoms with Gasteiger partial charge in [0, 0.05) is 25.2 Å². The maximum Gasteiger partial charge on any atom is 0.261 e. The van der Waals surface area contributed by atoms with Gasteiger partial charge >= 0.3 is 0 Å². The fraction of sp³-hybridized carbons (Fsp3) is 0.318. The Morgan fingerprint density at radius 2 is 2.00 bits per heavy atom. The highest BCUT2D eigenvalue weighted by atomic mass is 32.1. The molecular weight excluding hydrogens is 384 g/mol. The Morgan fingerprint density at radius 1 is 1.17 bits per heavy atom. The lowest BCUT2D eigenvalue weighted by molar-refractivity contribution is 0.414. The van der Waals surface area contributed by atoms with Crippen LogP contribution in [0.25, 0.3) is 10.9 Å². The number of nitrogens with one attached hydrogen (secondary N) is 2. The van der Waals surface area contributed by atoms with Gasteiger partial charge in [0.2, 0.25) is 0 Å². The number of rotatable bonds is 4. The summed E-state index contributed by atoms with van der Waals surface area (Å²) in [5.41, 5.74) is 2.65. The molecule has 1 aliphatic rings. The van der Waals surface area contributed by atoms with E-state index in [9.17, 15) is 4.79 Å². The van der Waals surface area contributed by atoms with Gasteiger partial charge in [-0.3, -0.25) is 9.36 Å². The van der Waals surface area contributed by atoms with E-state index >= 15 is 0 Å². The molecule has 0 amide bonds. The van der Waals surface area contributed by atoms with Crippen molar-refractivity contribution >= 4 is 33.9 Å². The van der Waals surface area contributed by atoms with E-state index in [1.165, 1.54) is 0 Å². The molecule has 4 rings (SSSR count). The average molecular weight is 409 g/mol. The summed E-state index contributed by atoms with van der Waals surface area (Å²) in [5.74, 6) is 1.72. The zero-order valence-electron chi connectivity index (χ0n) is 16.4. The highest BCUT2D eigenvalue weighted by Gasteiger charge is 2.14. The van der Waals surface area contributed by atoms with Gasteiger partial charge in [-0.1, -0.05) is 18.6 Å². The van der Waals surface area contributed by atoms with Crippen LogP contribution in [0.15, 0.2) is 47.3 Å². The van der Waals surface area contributed by atoms with E-state index in [2.05, 4.69) is 10.6 Å². The van der Waals surface area contributed by atoms with Crippen molar-refractivity contribution in [2.45, 2.75) is 38.8 Å². The van der Waals surface area contributed by atoms with Crippen LogP contribution >= 0.6 is 12.2 Å². The summed E-state index contributed by atoms with van der Waals surface area (Å²) in [6.07, 6.45) is 4.12. The highest BCUT2D eigenvalue weighted by molar-refractivity contribution is 7.80. The van der Waals surface area contributed by atoms with E-state index in [1.54, 1.807) is 7.11 Å². The topological polar surface area (TPSA) is 68.2 Å². The second kappa shape index (κ2) is 8.61. The van der Waals surface area contributed by atoms with Crippen molar-refractivity contribution in [2.75, 3.05) is 12.4 Å². The lowest BCUT2D eigenvalue weighted by atomic mass is 10.2. The van der Waals surface area contributed by atoms with E-state index in [0.29, 0.717) is 17.0 Å². The first-order valence-corrected chi connectivity index (χ1v) is 10.3. The Bertz CT molecular complexity index is 1090. The van der Waals surface area contributed by atoms with Crippen molar-refractivity contribution in [1.29, 1.82) is 0 Å². The van der Waals surface area contributed by atoms with Gasteiger partial charge in [0.25, 0.3) is 5.56 Å². The molecule has 0 radical (unpaired) electrons. The summed E-state index contributed by atoms with van der Waals surface area (Å²) >= 11 is 5.41. The van der Waals surface area contributed by atoms with E-state index in [1.807, 2.05) is 47.0 Å². The maximum absolute atomic E-state index is 13.0. The largest absolute Gasteiger partial charge is 0.497 e. The maximum atomic E-state index is 13.0. The van der Waals surface area contributed by atoms with Crippen LogP contribution in [-0.4, -0.2) is 21.8 Å². The molecule has 150 valence electrons. The number of nitrogens with zero attached hydrogens (tertiary/aromatic N) is 2. The number of fused-ring (bicyclic) bond motifs is 2. The van der Waals surface area contributed by atoms with Crippen LogP contribution in [0.2, 0.25) is 0 Å². The van der Waals surface area contributed by atoms with E-state index in [-0.39, 0.29) is 5.56 Å². The first-order chi connectivity index (χ1) is 14.1. The van der Waals surface area contributed by atoms with Gasteiger partial charge in [0.15, 0.2) is 5.11 Å². The van der Waals surface area contributed by atoms with Gasteiger partial charge in [0.1, 0.15) is 11.6 Å². The van der Waals surface area contributed by atoms with Crippen LogP contribution in [0, 0.1) is 0 Å². The monoisotopic (exact) mass is 408 g/mol. The Morgan fingerprint density at radius 3 is 2.79 bits per heavy atom. The second-order valence-corrected chi connectivity index (χ2v) is 7.59. The molecule has 0 unspecified atom stereocenters. The third kappa shape index (κ3) is 4.40. The lowest BCUT2D eigenvalue weighted by Crippen LogP contribution is -2.28. The summed E-state index contributed by atoms with van der Waals surface area (Å²) in [5, 5.41) is 7.48. The van der Waals surface area contributed by atoms with Gasteiger partial charge in [-0.2, -0.15) is 0 Å². The predicted molar refractivity (Wildman–Crippen MR) is 120 cm³/mol. The number of aromatic nitrogens is 2. The number of hydrogen-bond donors (Lipinski definition) is 2.